The fourth-order valence-electron chi connectivity index (χ4n) is 1.17. The highest BCUT2D eigenvalue weighted by Crippen LogP contribution is 2.14. The van der Waals surface area contributed by atoms with Crippen molar-refractivity contribution in [3.63, 3.8) is 0 Å². The summed E-state index contributed by atoms with van der Waals surface area (Å²) in [6, 6.07) is 3.24. The summed E-state index contributed by atoms with van der Waals surface area (Å²) in [7, 11) is 0. The molecule has 0 aromatic heterocycles. The minimum Gasteiger partial charge on any atom is -0.351 e. The van der Waals surface area contributed by atoms with E-state index in [-0.39, 0.29) is 24.6 Å². The van der Waals surface area contributed by atoms with Gasteiger partial charge < -0.3 is 11.1 Å². The molecular weight excluding hydrogens is 226 g/mol. The zero-order valence-electron chi connectivity index (χ0n) is 9.89. The average molecular weight is 242 g/mol. The largest absolute Gasteiger partial charge is 0.351 e. The van der Waals surface area contributed by atoms with E-state index in [1.165, 1.54) is 6.07 Å². The van der Waals surface area contributed by atoms with Crippen LogP contribution in [0.25, 0.3) is 0 Å². The third kappa shape index (κ3) is 3.49. The molecule has 0 heterocycles. The van der Waals surface area contributed by atoms with Crippen molar-refractivity contribution in [2.45, 2.75) is 20.4 Å². The second-order valence-corrected chi connectivity index (χ2v) is 4.51. The zero-order chi connectivity index (χ0) is 13.1. The Kier molecular flexibility index (Phi) is 4.17. The van der Waals surface area contributed by atoms with Crippen molar-refractivity contribution in [1.29, 1.82) is 0 Å². The fraction of sp³-hybridized carbons (Fsp3) is 0.417. The first-order valence-electron chi connectivity index (χ1n) is 5.29. The molecule has 1 rings (SSSR count). The van der Waals surface area contributed by atoms with Gasteiger partial charge in [0.2, 0.25) is 5.91 Å². The van der Waals surface area contributed by atoms with E-state index in [1.807, 2.05) is 0 Å². The van der Waals surface area contributed by atoms with Crippen LogP contribution >= 0.6 is 0 Å². The molecule has 3 N–H and O–H groups in total. The summed E-state index contributed by atoms with van der Waals surface area (Å²) in [5.41, 5.74) is 4.99. The molecule has 0 unspecified atom stereocenters. The van der Waals surface area contributed by atoms with E-state index in [0.29, 0.717) is 0 Å². The van der Waals surface area contributed by atoms with Crippen molar-refractivity contribution in [3.8, 4) is 0 Å². The van der Waals surface area contributed by atoms with Crippen LogP contribution in [0.4, 0.5) is 8.78 Å². The van der Waals surface area contributed by atoms with Gasteiger partial charge in [-0.2, -0.15) is 0 Å². The Balaban J connectivity index is 2.65. The Hall–Kier alpha value is -1.49. The van der Waals surface area contributed by atoms with Crippen molar-refractivity contribution in [3.05, 3.63) is 35.4 Å². The van der Waals surface area contributed by atoms with Gasteiger partial charge in [-0.3, -0.25) is 4.79 Å². The van der Waals surface area contributed by atoms with Gasteiger partial charge in [0.25, 0.3) is 0 Å². The molecule has 0 saturated carbocycles. The smallest absolute Gasteiger partial charge is 0.227 e. The Bertz CT molecular complexity index is 419. The average Bonchev–Trinajstić information content (AvgIpc) is 2.27. The molecule has 1 aromatic rings. The summed E-state index contributed by atoms with van der Waals surface area (Å²) in [5.74, 6) is -1.57. The van der Waals surface area contributed by atoms with Crippen LogP contribution in [-0.2, 0) is 11.3 Å². The topological polar surface area (TPSA) is 55.1 Å². The standard InChI is InChI=1S/C12H16F2N2O/c1-12(2,7-15)11(17)16-6-8-3-4-9(13)5-10(8)14/h3-5H,6-7,15H2,1-2H3,(H,16,17). The quantitative estimate of drug-likeness (QED) is 0.842. The highest BCUT2D eigenvalue weighted by molar-refractivity contribution is 5.81. The Morgan fingerprint density at radius 3 is 2.59 bits per heavy atom. The first-order chi connectivity index (χ1) is 7.86. The monoisotopic (exact) mass is 242 g/mol. The van der Waals surface area contributed by atoms with Gasteiger partial charge in [0.05, 0.1) is 5.41 Å². The van der Waals surface area contributed by atoms with Crippen LogP contribution < -0.4 is 11.1 Å². The molecule has 5 heteroatoms. The van der Waals surface area contributed by atoms with Crippen molar-refractivity contribution in [1.82, 2.24) is 5.32 Å². The number of hydrogen-bond acceptors (Lipinski definition) is 2. The molecule has 0 bridgehead atoms. The Morgan fingerprint density at radius 2 is 2.06 bits per heavy atom. The maximum atomic E-state index is 13.3. The van der Waals surface area contributed by atoms with E-state index < -0.39 is 17.0 Å². The van der Waals surface area contributed by atoms with Crippen LogP contribution in [0.3, 0.4) is 0 Å². The molecule has 0 aliphatic heterocycles. The van der Waals surface area contributed by atoms with Gasteiger partial charge >= 0.3 is 0 Å². The molecule has 0 fully saturated rings. The second-order valence-electron chi connectivity index (χ2n) is 4.51. The number of carbonyl (C=O) groups is 1. The second kappa shape index (κ2) is 5.23. The highest BCUT2D eigenvalue weighted by atomic mass is 19.1. The molecule has 0 radical (unpaired) electrons. The number of benzene rings is 1. The number of nitrogens with one attached hydrogen (secondary N) is 1. The number of hydrogen-bond donors (Lipinski definition) is 2. The maximum absolute atomic E-state index is 13.3. The number of carbonyl (C=O) groups excluding carboxylic acids is 1. The van der Waals surface area contributed by atoms with Crippen molar-refractivity contribution >= 4 is 5.91 Å². The molecular formula is C12H16F2N2O. The lowest BCUT2D eigenvalue weighted by atomic mass is 9.92. The van der Waals surface area contributed by atoms with Crippen molar-refractivity contribution < 1.29 is 13.6 Å². The molecule has 17 heavy (non-hydrogen) atoms. The lowest BCUT2D eigenvalue weighted by molar-refractivity contribution is -0.129. The summed E-state index contributed by atoms with van der Waals surface area (Å²) in [6.07, 6.45) is 0. The van der Waals surface area contributed by atoms with Crippen LogP contribution in [0.5, 0.6) is 0 Å². The van der Waals surface area contributed by atoms with Crippen LogP contribution in [0.15, 0.2) is 18.2 Å². The lowest BCUT2D eigenvalue weighted by Crippen LogP contribution is -2.41. The number of halogens is 2. The van der Waals surface area contributed by atoms with Gasteiger partial charge in [-0.15, -0.1) is 0 Å². The molecule has 1 amide bonds. The summed E-state index contributed by atoms with van der Waals surface area (Å²) in [4.78, 5) is 11.7. The van der Waals surface area contributed by atoms with Gasteiger partial charge in [0.1, 0.15) is 11.6 Å². The minimum absolute atomic E-state index is 0.0222. The van der Waals surface area contributed by atoms with Crippen molar-refractivity contribution in [2.24, 2.45) is 11.1 Å². The van der Waals surface area contributed by atoms with Gasteiger partial charge in [0.15, 0.2) is 0 Å². The zero-order valence-corrected chi connectivity index (χ0v) is 9.89. The van der Waals surface area contributed by atoms with E-state index in [4.69, 9.17) is 5.73 Å². The summed E-state index contributed by atoms with van der Waals surface area (Å²) in [5, 5.41) is 2.57. The van der Waals surface area contributed by atoms with Crippen LogP contribution in [0.2, 0.25) is 0 Å². The molecule has 0 aliphatic rings. The van der Waals surface area contributed by atoms with Crippen LogP contribution in [0, 0.1) is 17.0 Å². The summed E-state index contributed by atoms with van der Waals surface area (Å²) < 4.78 is 25.9. The van der Waals surface area contributed by atoms with E-state index in [1.54, 1.807) is 13.8 Å². The molecule has 1 aromatic carbocycles. The van der Waals surface area contributed by atoms with E-state index in [9.17, 15) is 13.6 Å². The SMILES string of the molecule is CC(C)(CN)C(=O)NCc1ccc(F)cc1F. The predicted molar refractivity (Wildman–Crippen MR) is 61.0 cm³/mol. The molecule has 0 saturated heterocycles. The number of amides is 1. The van der Waals surface area contributed by atoms with Crippen LogP contribution in [-0.4, -0.2) is 12.5 Å². The van der Waals surface area contributed by atoms with E-state index in [2.05, 4.69) is 5.32 Å². The minimum atomic E-state index is -0.698. The normalized spacial score (nSPS) is 11.4. The molecule has 3 nitrogen and oxygen atoms in total. The highest BCUT2D eigenvalue weighted by Gasteiger charge is 2.25. The Morgan fingerprint density at radius 1 is 1.41 bits per heavy atom. The Labute approximate surface area is 99.0 Å². The van der Waals surface area contributed by atoms with Gasteiger partial charge in [0, 0.05) is 24.7 Å². The number of rotatable bonds is 4. The van der Waals surface area contributed by atoms with E-state index in [0.717, 1.165) is 12.1 Å². The molecule has 94 valence electrons. The predicted octanol–water partition coefficient (Wildman–Crippen LogP) is 1.57. The summed E-state index contributed by atoms with van der Waals surface area (Å²) >= 11 is 0. The third-order valence-corrected chi connectivity index (χ3v) is 2.58. The molecule has 0 atom stereocenters. The van der Waals surface area contributed by atoms with Gasteiger partial charge in [-0.05, 0) is 19.9 Å². The third-order valence-electron chi connectivity index (χ3n) is 2.58. The van der Waals surface area contributed by atoms with Gasteiger partial charge in [-0.1, -0.05) is 6.07 Å². The molecule has 0 aliphatic carbocycles. The first kappa shape index (κ1) is 13.6. The fourth-order valence-corrected chi connectivity index (χ4v) is 1.17. The van der Waals surface area contributed by atoms with E-state index >= 15 is 0 Å². The first-order valence-corrected chi connectivity index (χ1v) is 5.29. The van der Waals surface area contributed by atoms with Gasteiger partial charge in [-0.25, -0.2) is 8.78 Å². The lowest BCUT2D eigenvalue weighted by Gasteiger charge is -2.21. The summed E-state index contributed by atoms with van der Waals surface area (Å²) in [6.45, 7) is 3.62. The van der Waals surface area contributed by atoms with Crippen LogP contribution in [0.1, 0.15) is 19.4 Å². The maximum Gasteiger partial charge on any atom is 0.227 e. The van der Waals surface area contributed by atoms with Crippen molar-refractivity contribution in [2.75, 3.05) is 6.54 Å². The number of nitrogens with two attached hydrogens (primary N) is 1. The molecule has 0 spiro atoms.